The van der Waals surface area contributed by atoms with E-state index in [4.69, 9.17) is 5.10 Å². The maximum atomic E-state index is 4.76. The molecule has 0 bridgehead atoms. The average Bonchev–Trinajstić information content (AvgIpc) is 3.10. The van der Waals surface area contributed by atoms with Gasteiger partial charge < -0.3 is 15.2 Å². The van der Waals surface area contributed by atoms with Crippen molar-refractivity contribution in [2.75, 3.05) is 24.5 Å². The molecule has 3 aromatic heterocycles. The van der Waals surface area contributed by atoms with E-state index in [-0.39, 0.29) is 0 Å². The Morgan fingerprint density at radius 1 is 1.21 bits per heavy atom. The number of hydrogen-bond donors (Lipinski definition) is 2. The summed E-state index contributed by atoms with van der Waals surface area (Å²) in [6, 6.07) is 4.07. The van der Waals surface area contributed by atoms with Gasteiger partial charge in [0.25, 0.3) is 0 Å². The number of hydrogen-bond acceptors (Lipinski definition) is 6. The van der Waals surface area contributed by atoms with E-state index in [1.165, 1.54) is 12.8 Å². The van der Waals surface area contributed by atoms with E-state index in [0.717, 1.165) is 49.2 Å². The summed E-state index contributed by atoms with van der Waals surface area (Å²) < 4.78 is 1.93. The van der Waals surface area contributed by atoms with Crippen LogP contribution in [-0.4, -0.2) is 49.4 Å². The standard InChI is InChI=1S/C16H20N8/c1-2-12(1)16-21-20-14-3-4-15(22-24(14)16)23-8-11(9-23)5-17-6-13-7-18-10-19-13/h3-4,7,10-12,17H,1-2,5-6,8-9H2,(H,18,19). The molecule has 0 atom stereocenters. The zero-order valence-electron chi connectivity index (χ0n) is 13.4. The van der Waals surface area contributed by atoms with Crippen LogP contribution in [0.2, 0.25) is 0 Å². The number of fused-ring (bicyclic) bond motifs is 1. The molecule has 0 unspecified atom stereocenters. The van der Waals surface area contributed by atoms with Crippen molar-refractivity contribution in [3.05, 3.63) is 36.2 Å². The third-order valence-corrected chi connectivity index (χ3v) is 4.80. The first-order valence-electron chi connectivity index (χ1n) is 8.52. The Morgan fingerprint density at radius 2 is 2.12 bits per heavy atom. The van der Waals surface area contributed by atoms with Crippen LogP contribution in [0.25, 0.3) is 5.65 Å². The van der Waals surface area contributed by atoms with Gasteiger partial charge >= 0.3 is 0 Å². The second-order valence-electron chi connectivity index (χ2n) is 6.77. The summed E-state index contributed by atoms with van der Waals surface area (Å²) in [4.78, 5) is 9.45. The van der Waals surface area contributed by atoms with Gasteiger partial charge in [-0.25, -0.2) is 4.98 Å². The molecule has 2 fully saturated rings. The molecule has 1 aliphatic carbocycles. The number of aromatic amines is 1. The zero-order chi connectivity index (χ0) is 15.9. The molecule has 0 aromatic carbocycles. The molecule has 4 heterocycles. The normalized spacial score (nSPS) is 18.2. The molecule has 8 nitrogen and oxygen atoms in total. The Bertz CT molecular complexity index is 829. The third-order valence-electron chi connectivity index (χ3n) is 4.80. The van der Waals surface area contributed by atoms with Crippen LogP contribution in [0.15, 0.2) is 24.7 Å². The number of H-pyrrole nitrogens is 1. The smallest absolute Gasteiger partial charge is 0.178 e. The summed E-state index contributed by atoms with van der Waals surface area (Å²) in [5.74, 6) is 3.26. The molecule has 5 rings (SSSR count). The van der Waals surface area contributed by atoms with E-state index in [9.17, 15) is 0 Å². The van der Waals surface area contributed by atoms with Crippen LogP contribution in [0.4, 0.5) is 5.82 Å². The van der Waals surface area contributed by atoms with Crippen LogP contribution in [0, 0.1) is 5.92 Å². The molecule has 24 heavy (non-hydrogen) atoms. The van der Waals surface area contributed by atoms with Crippen molar-refractivity contribution in [1.82, 2.24) is 35.1 Å². The first-order chi connectivity index (χ1) is 11.9. The maximum absolute atomic E-state index is 4.76. The lowest BCUT2D eigenvalue weighted by atomic mass is 10.0. The Labute approximate surface area is 139 Å². The Balaban J connectivity index is 1.19. The number of nitrogens with zero attached hydrogens (tertiary/aromatic N) is 6. The number of nitrogens with one attached hydrogen (secondary N) is 2. The van der Waals surface area contributed by atoms with E-state index >= 15 is 0 Å². The number of imidazole rings is 1. The Morgan fingerprint density at radius 3 is 2.92 bits per heavy atom. The summed E-state index contributed by atoms with van der Waals surface area (Å²) in [7, 11) is 0. The lowest BCUT2D eigenvalue weighted by Gasteiger charge is -2.40. The van der Waals surface area contributed by atoms with Gasteiger partial charge in [0.05, 0.1) is 6.33 Å². The number of aromatic nitrogens is 6. The quantitative estimate of drug-likeness (QED) is 0.702. The molecular formula is C16H20N8. The van der Waals surface area contributed by atoms with Gasteiger partial charge in [0.1, 0.15) is 5.82 Å². The molecule has 0 radical (unpaired) electrons. The van der Waals surface area contributed by atoms with Crippen molar-refractivity contribution >= 4 is 11.5 Å². The van der Waals surface area contributed by atoms with Gasteiger partial charge in [-0.15, -0.1) is 15.3 Å². The van der Waals surface area contributed by atoms with Gasteiger partial charge in [0.15, 0.2) is 11.5 Å². The highest BCUT2D eigenvalue weighted by molar-refractivity contribution is 5.47. The van der Waals surface area contributed by atoms with Crippen molar-refractivity contribution in [3.63, 3.8) is 0 Å². The first-order valence-corrected chi connectivity index (χ1v) is 8.52. The van der Waals surface area contributed by atoms with E-state index < -0.39 is 0 Å². The van der Waals surface area contributed by atoms with Crippen LogP contribution in [0.5, 0.6) is 0 Å². The van der Waals surface area contributed by atoms with Crippen LogP contribution in [-0.2, 0) is 6.54 Å². The lowest BCUT2D eigenvalue weighted by molar-refractivity contribution is 0.380. The van der Waals surface area contributed by atoms with Crippen molar-refractivity contribution in [2.24, 2.45) is 5.92 Å². The molecule has 0 spiro atoms. The van der Waals surface area contributed by atoms with Gasteiger partial charge in [0.2, 0.25) is 0 Å². The highest BCUT2D eigenvalue weighted by Crippen LogP contribution is 2.38. The zero-order valence-corrected chi connectivity index (χ0v) is 13.4. The van der Waals surface area contributed by atoms with Crippen LogP contribution < -0.4 is 10.2 Å². The predicted octanol–water partition coefficient (Wildman–Crippen LogP) is 0.951. The van der Waals surface area contributed by atoms with Gasteiger partial charge in [-0.05, 0) is 25.0 Å². The van der Waals surface area contributed by atoms with Crippen LogP contribution in [0.1, 0.15) is 30.3 Å². The minimum Gasteiger partial charge on any atom is -0.354 e. The fraction of sp³-hybridized carbons (Fsp3) is 0.500. The van der Waals surface area contributed by atoms with Gasteiger partial charge in [-0.2, -0.15) is 4.52 Å². The van der Waals surface area contributed by atoms with Crippen molar-refractivity contribution in [1.29, 1.82) is 0 Å². The molecule has 124 valence electrons. The fourth-order valence-electron chi connectivity index (χ4n) is 3.24. The first kappa shape index (κ1) is 13.9. The maximum Gasteiger partial charge on any atom is 0.178 e. The summed E-state index contributed by atoms with van der Waals surface area (Å²) in [5, 5.41) is 16.7. The molecule has 2 N–H and O–H groups in total. The van der Waals surface area contributed by atoms with Gasteiger partial charge in [-0.3, -0.25) is 0 Å². The predicted molar refractivity (Wildman–Crippen MR) is 88.8 cm³/mol. The Kier molecular flexibility index (Phi) is 3.22. The van der Waals surface area contributed by atoms with E-state index in [1.807, 2.05) is 16.8 Å². The molecule has 8 heteroatoms. The summed E-state index contributed by atoms with van der Waals surface area (Å²) in [6.07, 6.45) is 5.99. The number of anilines is 1. The molecule has 0 amide bonds. The second kappa shape index (κ2) is 5.55. The van der Waals surface area contributed by atoms with Crippen molar-refractivity contribution < 1.29 is 0 Å². The van der Waals surface area contributed by atoms with Crippen LogP contribution in [0.3, 0.4) is 0 Å². The summed E-state index contributed by atoms with van der Waals surface area (Å²) in [5.41, 5.74) is 1.97. The lowest BCUT2D eigenvalue weighted by Crippen LogP contribution is -2.51. The summed E-state index contributed by atoms with van der Waals surface area (Å²) >= 11 is 0. The molecule has 1 aliphatic heterocycles. The van der Waals surface area contributed by atoms with E-state index in [2.05, 4.69) is 36.4 Å². The number of rotatable bonds is 6. The highest BCUT2D eigenvalue weighted by atomic mass is 15.4. The highest BCUT2D eigenvalue weighted by Gasteiger charge is 2.31. The fourth-order valence-corrected chi connectivity index (χ4v) is 3.24. The molecule has 1 saturated heterocycles. The second-order valence-corrected chi connectivity index (χ2v) is 6.77. The van der Waals surface area contributed by atoms with Crippen LogP contribution >= 0.6 is 0 Å². The largest absolute Gasteiger partial charge is 0.354 e. The SMILES string of the molecule is c1ncc(CNCC2CN(c3ccc4nnc(C5CC5)n4n3)C2)[nH]1. The van der Waals surface area contributed by atoms with Gasteiger partial charge in [-0.1, -0.05) is 0 Å². The molecular weight excluding hydrogens is 304 g/mol. The monoisotopic (exact) mass is 324 g/mol. The van der Waals surface area contributed by atoms with E-state index in [0.29, 0.717) is 11.8 Å². The Hall–Kier alpha value is -2.48. The minimum absolute atomic E-state index is 0.554. The van der Waals surface area contributed by atoms with Crippen molar-refractivity contribution in [3.8, 4) is 0 Å². The van der Waals surface area contributed by atoms with E-state index in [1.54, 1.807) is 6.33 Å². The average molecular weight is 324 g/mol. The van der Waals surface area contributed by atoms with Gasteiger partial charge in [0, 0.05) is 49.9 Å². The summed E-state index contributed by atoms with van der Waals surface area (Å²) in [6.45, 7) is 3.93. The topological polar surface area (TPSA) is 87.0 Å². The van der Waals surface area contributed by atoms with Crippen molar-refractivity contribution in [2.45, 2.75) is 25.3 Å². The molecule has 1 saturated carbocycles. The molecule has 2 aliphatic rings. The molecule has 3 aromatic rings. The third kappa shape index (κ3) is 2.52. The minimum atomic E-state index is 0.554.